The maximum Gasteiger partial charge on any atom is 0.177 e. The minimum absolute atomic E-state index is 0.0812. The monoisotopic (exact) mass is 382 g/mol. The van der Waals surface area contributed by atoms with Crippen LogP contribution in [-0.4, -0.2) is 38.4 Å². The number of nitrogens with zero attached hydrogens (tertiary/aromatic N) is 5. The van der Waals surface area contributed by atoms with Crippen molar-refractivity contribution in [3.05, 3.63) is 34.9 Å². The third-order valence-corrected chi connectivity index (χ3v) is 4.96. The van der Waals surface area contributed by atoms with E-state index in [-0.39, 0.29) is 6.04 Å². The zero-order chi connectivity index (χ0) is 20.4. The van der Waals surface area contributed by atoms with E-state index in [1.165, 1.54) is 0 Å². The average Bonchev–Trinajstić information content (AvgIpc) is 3.02. The molecule has 0 aliphatic heterocycles. The van der Waals surface area contributed by atoms with Crippen LogP contribution in [0.5, 0.6) is 0 Å². The third-order valence-electron chi connectivity index (χ3n) is 4.96. The van der Waals surface area contributed by atoms with E-state index in [0.29, 0.717) is 19.1 Å². The first-order chi connectivity index (χ1) is 13.4. The molecule has 0 radical (unpaired) electrons. The van der Waals surface area contributed by atoms with E-state index in [2.05, 4.69) is 44.9 Å². The number of ether oxygens (including phenoxy) is 1. The minimum Gasteiger partial charge on any atom is -0.382 e. The Labute approximate surface area is 166 Å². The van der Waals surface area contributed by atoms with E-state index in [0.717, 1.165) is 51.6 Å². The van der Waals surface area contributed by atoms with E-state index in [4.69, 9.17) is 25.4 Å². The molecule has 1 atom stereocenters. The third kappa shape index (κ3) is 3.64. The summed E-state index contributed by atoms with van der Waals surface area (Å²) in [5.41, 5.74) is 13.1. The molecule has 0 amide bonds. The first-order valence-corrected chi connectivity index (χ1v) is 9.86. The molecule has 3 heterocycles. The number of rotatable bonds is 7. The van der Waals surface area contributed by atoms with Gasteiger partial charge in [0.15, 0.2) is 5.65 Å². The van der Waals surface area contributed by atoms with Gasteiger partial charge in [-0.1, -0.05) is 20.8 Å². The lowest BCUT2D eigenvalue weighted by Gasteiger charge is -2.15. The SMILES string of the molecule is CCc1nc2c(nc1-c1ccc(C(C)C)nc1CN)c(C)nn2C(C)COC. The molecule has 3 rings (SSSR count). The lowest BCUT2D eigenvalue weighted by Crippen LogP contribution is -2.14. The lowest BCUT2D eigenvalue weighted by molar-refractivity contribution is 0.158. The molecule has 0 aromatic carbocycles. The van der Waals surface area contributed by atoms with Gasteiger partial charge in [0.05, 0.1) is 35.4 Å². The Kier molecular flexibility index (Phi) is 6.05. The van der Waals surface area contributed by atoms with Crippen molar-refractivity contribution in [3.8, 4) is 11.3 Å². The van der Waals surface area contributed by atoms with Crippen LogP contribution in [0.4, 0.5) is 0 Å². The largest absolute Gasteiger partial charge is 0.382 e. The lowest BCUT2D eigenvalue weighted by atomic mass is 10.0. The van der Waals surface area contributed by atoms with Crippen molar-refractivity contribution in [3.63, 3.8) is 0 Å². The van der Waals surface area contributed by atoms with Crippen molar-refractivity contribution in [1.82, 2.24) is 24.7 Å². The second-order valence-electron chi connectivity index (χ2n) is 7.47. The first-order valence-electron chi connectivity index (χ1n) is 9.86. The van der Waals surface area contributed by atoms with Gasteiger partial charge in [-0.3, -0.25) is 4.98 Å². The van der Waals surface area contributed by atoms with Crippen molar-refractivity contribution in [2.24, 2.45) is 5.73 Å². The summed E-state index contributed by atoms with van der Waals surface area (Å²) in [6.07, 6.45) is 0.761. The Morgan fingerprint density at radius 2 is 1.86 bits per heavy atom. The fourth-order valence-electron chi connectivity index (χ4n) is 3.41. The summed E-state index contributed by atoms with van der Waals surface area (Å²) >= 11 is 0. The molecule has 0 spiro atoms. The summed E-state index contributed by atoms with van der Waals surface area (Å²) in [6.45, 7) is 11.3. The summed E-state index contributed by atoms with van der Waals surface area (Å²) in [5, 5.41) is 4.67. The van der Waals surface area contributed by atoms with Crippen LogP contribution in [0.3, 0.4) is 0 Å². The van der Waals surface area contributed by atoms with Crippen molar-refractivity contribution in [2.45, 2.75) is 59.5 Å². The quantitative estimate of drug-likeness (QED) is 0.672. The number of hydrogen-bond donors (Lipinski definition) is 1. The van der Waals surface area contributed by atoms with Gasteiger partial charge in [0.2, 0.25) is 0 Å². The molecule has 3 aromatic heterocycles. The summed E-state index contributed by atoms with van der Waals surface area (Å²) in [4.78, 5) is 14.7. The van der Waals surface area contributed by atoms with Crippen LogP contribution < -0.4 is 5.73 Å². The Bertz CT molecular complexity index is 979. The molecule has 3 aromatic rings. The number of fused-ring (bicyclic) bond motifs is 1. The number of pyridine rings is 1. The first kappa shape index (κ1) is 20.4. The van der Waals surface area contributed by atoms with Gasteiger partial charge < -0.3 is 10.5 Å². The fraction of sp³-hybridized carbons (Fsp3) is 0.524. The summed E-state index contributed by atoms with van der Waals surface area (Å²) in [5.74, 6) is 0.348. The predicted octanol–water partition coefficient (Wildman–Crippen LogP) is 3.55. The number of hydrogen-bond acceptors (Lipinski definition) is 6. The highest BCUT2D eigenvalue weighted by atomic mass is 16.5. The Morgan fingerprint density at radius 1 is 1.11 bits per heavy atom. The Hall–Kier alpha value is -2.38. The summed E-state index contributed by atoms with van der Waals surface area (Å²) in [7, 11) is 1.69. The molecule has 2 N–H and O–H groups in total. The Morgan fingerprint density at radius 3 is 2.46 bits per heavy atom. The van der Waals surface area contributed by atoms with E-state index >= 15 is 0 Å². The van der Waals surface area contributed by atoms with Crippen LogP contribution in [0.25, 0.3) is 22.4 Å². The number of methoxy groups -OCH3 is 1. The molecule has 0 fully saturated rings. The topological polar surface area (TPSA) is 91.7 Å². The van der Waals surface area contributed by atoms with E-state index < -0.39 is 0 Å². The van der Waals surface area contributed by atoms with E-state index in [1.54, 1.807) is 7.11 Å². The molecule has 0 aliphatic carbocycles. The smallest absolute Gasteiger partial charge is 0.177 e. The van der Waals surface area contributed by atoms with Crippen molar-refractivity contribution >= 4 is 11.2 Å². The van der Waals surface area contributed by atoms with Crippen LogP contribution >= 0.6 is 0 Å². The van der Waals surface area contributed by atoms with Gasteiger partial charge in [0.25, 0.3) is 0 Å². The van der Waals surface area contributed by atoms with Crippen molar-refractivity contribution < 1.29 is 4.74 Å². The van der Waals surface area contributed by atoms with Crippen LogP contribution in [-0.2, 0) is 17.7 Å². The van der Waals surface area contributed by atoms with Gasteiger partial charge in [0.1, 0.15) is 5.52 Å². The molecule has 0 saturated carbocycles. The highest BCUT2D eigenvalue weighted by Gasteiger charge is 2.20. The van der Waals surface area contributed by atoms with Gasteiger partial charge in [0, 0.05) is 24.9 Å². The van der Waals surface area contributed by atoms with Crippen LogP contribution in [0.2, 0.25) is 0 Å². The highest BCUT2D eigenvalue weighted by molar-refractivity contribution is 5.78. The molecule has 0 saturated heterocycles. The zero-order valence-corrected chi connectivity index (χ0v) is 17.7. The van der Waals surface area contributed by atoms with Crippen molar-refractivity contribution in [1.29, 1.82) is 0 Å². The molecule has 7 heteroatoms. The van der Waals surface area contributed by atoms with Crippen LogP contribution in [0.1, 0.15) is 62.4 Å². The van der Waals surface area contributed by atoms with Crippen LogP contribution in [0.15, 0.2) is 12.1 Å². The normalized spacial score (nSPS) is 12.9. The second kappa shape index (κ2) is 8.32. The molecule has 0 bridgehead atoms. The average molecular weight is 383 g/mol. The minimum atomic E-state index is 0.0812. The van der Waals surface area contributed by atoms with Crippen LogP contribution in [0, 0.1) is 6.92 Å². The van der Waals surface area contributed by atoms with Crippen molar-refractivity contribution in [2.75, 3.05) is 13.7 Å². The summed E-state index contributed by atoms with van der Waals surface area (Å²) < 4.78 is 7.21. The van der Waals surface area contributed by atoms with E-state index in [1.807, 2.05) is 11.6 Å². The zero-order valence-electron chi connectivity index (χ0n) is 17.7. The van der Waals surface area contributed by atoms with Gasteiger partial charge in [-0.05, 0) is 38.3 Å². The number of aryl methyl sites for hydroxylation is 2. The molecule has 1 unspecified atom stereocenters. The van der Waals surface area contributed by atoms with Gasteiger partial charge >= 0.3 is 0 Å². The Balaban J connectivity index is 2.21. The van der Waals surface area contributed by atoms with Gasteiger partial charge in [-0.2, -0.15) is 5.10 Å². The van der Waals surface area contributed by atoms with E-state index in [9.17, 15) is 0 Å². The summed E-state index contributed by atoms with van der Waals surface area (Å²) in [6, 6.07) is 4.21. The molecular weight excluding hydrogens is 352 g/mol. The molecule has 150 valence electrons. The predicted molar refractivity (Wildman–Crippen MR) is 111 cm³/mol. The van der Waals surface area contributed by atoms with Gasteiger partial charge in [-0.25, -0.2) is 14.6 Å². The molecular formula is C21H30N6O. The maximum atomic E-state index is 6.03. The van der Waals surface area contributed by atoms with Gasteiger partial charge in [-0.15, -0.1) is 0 Å². The number of aromatic nitrogens is 5. The fourth-order valence-corrected chi connectivity index (χ4v) is 3.41. The molecule has 0 aliphatic rings. The second-order valence-corrected chi connectivity index (χ2v) is 7.47. The maximum absolute atomic E-state index is 6.03. The highest BCUT2D eigenvalue weighted by Crippen LogP contribution is 2.29. The molecule has 7 nitrogen and oxygen atoms in total. The standard InChI is InChI=1S/C21H30N6O/c1-7-16-20(15-8-9-17(12(2)3)23-18(15)10-22)25-19-14(5)26-27(21(19)24-16)13(4)11-28-6/h8-9,12-13H,7,10-11,22H2,1-6H3. The number of nitrogens with two attached hydrogens (primary N) is 1. The molecule has 28 heavy (non-hydrogen) atoms.